The number of nitrogens with one attached hydrogen (secondary N) is 1. The van der Waals surface area contributed by atoms with Crippen molar-refractivity contribution in [1.29, 1.82) is 0 Å². The van der Waals surface area contributed by atoms with E-state index >= 15 is 0 Å². The third kappa shape index (κ3) is 3.84. The minimum atomic E-state index is -0.786. The maximum atomic E-state index is 12.5. The fourth-order valence-electron chi connectivity index (χ4n) is 6.14. The SMILES string of the molecule is Cc1ccc(O)cc1[C@@]12CC[C@H](NCC(C)C)C[C@@]1(O)[C@@H](C)N(CC1CC1)CC2. The molecule has 4 nitrogen and oxygen atoms in total. The van der Waals surface area contributed by atoms with Crippen LogP contribution in [0.5, 0.6) is 5.75 Å². The standard InChI is InChI=1S/C25H40N2O2/c1-17(2)15-26-21-9-10-24(23-13-22(28)8-5-18(23)3)11-12-27(16-20-6-7-20)19(4)25(24,29)14-21/h5,8,13,17,19-21,26,28-29H,6-7,9-12,14-16H2,1-4H3/t19-,21+,24+,25-/m1/s1. The van der Waals surface area contributed by atoms with Gasteiger partial charge in [-0.3, -0.25) is 4.90 Å². The van der Waals surface area contributed by atoms with Crippen molar-refractivity contribution in [3.05, 3.63) is 29.3 Å². The summed E-state index contributed by atoms with van der Waals surface area (Å²) in [5.41, 5.74) is 1.30. The maximum Gasteiger partial charge on any atom is 0.115 e. The van der Waals surface area contributed by atoms with Crippen LogP contribution in [-0.4, -0.2) is 52.4 Å². The van der Waals surface area contributed by atoms with Crippen LogP contribution in [0.4, 0.5) is 0 Å². The van der Waals surface area contributed by atoms with Crippen molar-refractivity contribution in [2.75, 3.05) is 19.6 Å². The molecule has 4 rings (SSSR count). The maximum absolute atomic E-state index is 12.5. The molecule has 4 atom stereocenters. The number of piperidine rings is 1. The number of phenols is 1. The zero-order valence-electron chi connectivity index (χ0n) is 18.7. The predicted octanol–water partition coefficient (Wildman–Crippen LogP) is 3.97. The van der Waals surface area contributed by atoms with E-state index in [-0.39, 0.29) is 11.5 Å². The molecule has 1 aromatic carbocycles. The van der Waals surface area contributed by atoms with Gasteiger partial charge in [-0.15, -0.1) is 0 Å². The van der Waals surface area contributed by atoms with Gasteiger partial charge in [-0.1, -0.05) is 19.9 Å². The number of likely N-dealkylation sites (tertiary alicyclic amines) is 1. The van der Waals surface area contributed by atoms with Gasteiger partial charge in [-0.25, -0.2) is 0 Å². The highest BCUT2D eigenvalue weighted by Crippen LogP contribution is 2.55. The number of aliphatic hydroxyl groups is 1. The third-order valence-electron chi connectivity index (χ3n) is 8.11. The Bertz CT molecular complexity index is 732. The molecule has 1 aromatic rings. The molecule has 4 heteroatoms. The summed E-state index contributed by atoms with van der Waals surface area (Å²) in [6, 6.07) is 6.21. The average molecular weight is 401 g/mol. The Labute approximate surface area is 176 Å². The second-order valence-electron chi connectivity index (χ2n) is 10.6. The van der Waals surface area contributed by atoms with E-state index in [2.05, 4.69) is 37.9 Å². The van der Waals surface area contributed by atoms with E-state index in [4.69, 9.17) is 0 Å². The van der Waals surface area contributed by atoms with Crippen LogP contribution in [0.25, 0.3) is 0 Å². The Kier molecular flexibility index (Phi) is 5.73. The summed E-state index contributed by atoms with van der Waals surface area (Å²) in [5, 5.41) is 26.5. The Morgan fingerprint density at radius 2 is 1.97 bits per heavy atom. The summed E-state index contributed by atoms with van der Waals surface area (Å²) in [6.45, 7) is 12.0. The highest BCUT2D eigenvalue weighted by molar-refractivity contribution is 5.44. The summed E-state index contributed by atoms with van der Waals surface area (Å²) >= 11 is 0. The van der Waals surface area contributed by atoms with Gasteiger partial charge >= 0.3 is 0 Å². The van der Waals surface area contributed by atoms with Gasteiger partial charge in [0.1, 0.15) is 5.75 Å². The number of phenolic OH excluding ortho intramolecular Hbond substituents is 1. The normalized spacial score (nSPS) is 35.7. The number of rotatable bonds is 6. The number of aromatic hydroxyl groups is 1. The first-order valence-corrected chi connectivity index (χ1v) is 11.7. The number of nitrogens with zero attached hydrogens (tertiary/aromatic N) is 1. The first kappa shape index (κ1) is 21.1. The molecule has 0 radical (unpaired) electrons. The van der Waals surface area contributed by atoms with E-state index in [9.17, 15) is 10.2 Å². The van der Waals surface area contributed by atoms with E-state index in [0.29, 0.717) is 17.7 Å². The van der Waals surface area contributed by atoms with Gasteiger partial charge in [0, 0.05) is 24.0 Å². The van der Waals surface area contributed by atoms with Crippen molar-refractivity contribution in [2.45, 2.75) is 89.3 Å². The lowest BCUT2D eigenvalue weighted by atomic mass is 9.52. The second kappa shape index (κ2) is 7.86. The molecule has 0 bridgehead atoms. The van der Waals surface area contributed by atoms with Crippen molar-refractivity contribution in [3.63, 3.8) is 0 Å². The predicted molar refractivity (Wildman–Crippen MR) is 118 cm³/mol. The fourth-order valence-corrected chi connectivity index (χ4v) is 6.14. The first-order chi connectivity index (χ1) is 13.7. The lowest BCUT2D eigenvalue weighted by Crippen LogP contribution is -2.71. The molecule has 29 heavy (non-hydrogen) atoms. The molecule has 2 saturated carbocycles. The van der Waals surface area contributed by atoms with E-state index in [1.807, 2.05) is 12.1 Å². The molecule has 1 aliphatic heterocycles. The molecule has 0 spiro atoms. The number of benzene rings is 1. The second-order valence-corrected chi connectivity index (χ2v) is 10.6. The molecule has 162 valence electrons. The minimum absolute atomic E-state index is 0.127. The number of hydrogen-bond donors (Lipinski definition) is 3. The van der Waals surface area contributed by atoms with Crippen LogP contribution in [0, 0.1) is 18.8 Å². The number of aryl methyl sites for hydroxylation is 1. The molecule has 0 amide bonds. The Hall–Kier alpha value is -1.10. The highest BCUT2D eigenvalue weighted by atomic mass is 16.3. The van der Waals surface area contributed by atoms with E-state index in [1.165, 1.54) is 24.0 Å². The Balaban J connectivity index is 1.69. The molecule has 3 fully saturated rings. The molecule has 3 aliphatic rings. The van der Waals surface area contributed by atoms with Crippen LogP contribution in [0.2, 0.25) is 0 Å². The van der Waals surface area contributed by atoms with Gasteiger partial charge in [-0.05, 0) is 101 Å². The molecule has 1 saturated heterocycles. The lowest BCUT2D eigenvalue weighted by Gasteiger charge is -2.61. The van der Waals surface area contributed by atoms with Gasteiger partial charge < -0.3 is 15.5 Å². The summed E-state index contributed by atoms with van der Waals surface area (Å²) in [4.78, 5) is 2.55. The smallest absolute Gasteiger partial charge is 0.115 e. The Morgan fingerprint density at radius 1 is 1.21 bits per heavy atom. The molecule has 2 aliphatic carbocycles. The van der Waals surface area contributed by atoms with Gasteiger partial charge in [-0.2, -0.15) is 0 Å². The van der Waals surface area contributed by atoms with Crippen LogP contribution in [0.3, 0.4) is 0 Å². The zero-order chi connectivity index (χ0) is 20.8. The van der Waals surface area contributed by atoms with E-state index < -0.39 is 5.60 Å². The van der Waals surface area contributed by atoms with Crippen molar-refractivity contribution in [3.8, 4) is 5.75 Å². The third-order valence-corrected chi connectivity index (χ3v) is 8.11. The molecule has 3 N–H and O–H groups in total. The van der Waals surface area contributed by atoms with Crippen LogP contribution in [-0.2, 0) is 5.41 Å². The van der Waals surface area contributed by atoms with Gasteiger partial charge in [0.15, 0.2) is 0 Å². The summed E-state index contributed by atoms with van der Waals surface area (Å²) in [7, 11) is 0. The number of fused-ring (bicyclic) bond motifs is 1. The number of hydrogen-bond acceptors (Lipinski definition) is 4. The highest BCUT2D eigenvalue weighted by Gasteiger charge is 2.61. The summed E-state index contributed by atoms with van der Waals surface area (Å²) in [5.74, 6) is 1.75. The molecule has 0 aromatic heterocycles. The fraction of sp³-hybridized carbons (Fsp3) is 0.760. The topological polar surface area (TPSA) is 55.7 Å². The monoisotopic (exact) mass is 400 g/mol. The summed E-state index contributed by atoms with van der Waals surface area (Å²) in [6.07, 6.45) is 6.51. The lowest BCUT2D eigenvalue weighted by molar-refractivity contribution is -0.160. The van der Waals surface area contributed by atoms with Crippen molar-refractivity contribution < 1.29 is 10.2 Å². The molecular formula is C25H40N2O2. The van der Waals surface area contributed by atoms with E-state index in [0.717, 1.165) is 51.2 Å². The van der Waals surface area contributed by atoms with Gasteiger partial charge in [0.25, 0.3) is 0 Å². The van der Waals surface area contributed by atoms with Crippen molar-refractivity contribution in [1.82, 2.24) is 10.2 Å². The minimum Gasteiger partial charge on any atom is -0.508 e. The quantitative estimate of drug-likeness (QED) is 0.676. The van der Waals surface area contributed by atoms with Gasteiger partial charge in [0.2, 0.25) is 0 Å². The molecule has 0 unspecified atom stereocenters. The summed E-state index contributed by atoms with van der Waals surface area (Å²) < 4.78 is 0. The van der Waals surface area contributed by atoms with Crippen molar-refractivity contribution in [2.24, 2.45) is 11.8 Å². The van der Waals surface area contributed by atoms with Crippen LogP contribution in [0.15, 0.2) is 18.2 Å². The van der Waals surface area contributed by atoms with Crippen LogP contribution >= 0.6 is 0 Å². The first-order valence-electron chi connectivity index (χ1n) is 11.7. The molecular weight excluding hydrogens is 360 g/mol. The van der Waals surface area contributed by atoms with Crippen LogP contribution < -0.4 is 5.32 Å². The average Bonchev–Trinajstić information content (AvgIpc) is 3.49. The van der Waals surface area contributed by atoms with E-state index in [1.54, 1.807) is 6.07 Å². The van der Waals surface area contributed by atoms with Crippen molar-refractivity contribution >= 4 is 0 Å². The Morgan fingerprint density at radius 3 is 2.66 bits per heavy atom. The molecule has 1 heterocycles. The zero-order valence-corrected chi connectivity index (χ0v) is 18.7. The van der Waals surface area contributed by atoms with Gasteiger partial charge in [0.05, 0.1) is 5.60 Å². The van der Waals surface area contributed by atoms with Crippen LogP contribution in [0.1, 0.15) is 70.4 Å². The largest absolute Gasteiger partial charge is 0.508 e.